The van der Waals surface area contributed by atoms with Crippen LogP contribution in [0.25, 0.3) is 0 Å². The van der Waals surface area contributed by atoms with Gasteiger partial charge in [0.05, 0.1) is 11.7 Å². The van der Waals surface area contributed by atoms with E-state index in [9.17, 15) is 4.79 Å². The van der Waals surface area contributed by atoms with Gasteiger partial charge in [-0.1, -0.05) is 13.8 Å². The predicted octanol–water partition coefficient (Wildman–Crippen LogP) is 4.23. The number of ketones is 1. The Labute approximate surface area is 162 Å². The molecule has 0 bridgehead atoms. The average Bonchev–Trinajstić information content (AvgIpc) is 2.51. The van der Waals surface area contributed by atoms with E-state index in [2.05, 4.69) is 72.1 Å². The van der Waals surface area contributed by atoms with Crippen LogP contribution in [0.15, 0.2) is 0 Å². The number of rotatable bonds is 9. The van der Waals surface area contributed by atoms with Crippen LogP contribution in [-0.2, 0) is 9.53 Å². The summed E-state index contributed by atoms with van der Waals surface area (Å²) in [6.45, 7) is 23.8. The van der Waals surface area contributed by atoms with Gasteiger partial charge in [0.1, 0.15) is 5.78 Å². The molecule has 1 aliphatic rings. The minimum absolute atomic E-state index is 0.0624. The van der Waals surface area contributed by atoms with Crippen molar-refractivity contribution in [2.24, 2.45) is 11.8 Å². The summed E-state index contributed by atoms with van der Waals surface area (Å²) in [6, 6.07) is 1.10. The molecule has 4 atom stereocenters. The molecular formula is C22H44N2O2. The summed E-state index contributed by atoms with van der Waals surface area (Å²) in [5.41, 5.74) is -0.152. The maximum Gasteiger partial charge on any atom is 0.138 e. The van der Waals surface area contributed by atoms with Gasteiger partial charge in [-0.3, -0.25) is 14.6 Å². The van der Waals surface area contributed by atoms with Crippen molar-refractivity contribution in [2.75, 3.05) is 26.2 Å². The summed E-state index contributed by atoms with van der Waals surface area (Å²) in [5, 5.41) is 0. The molecule has 1 rings (SSSR count). The highest BCUT2D eigenvalue weighted by Crippen LogP contribution is 2.22. The maximum absolute atomic E-state index is 12.8. The highest BCUT2D eigenvalue weighted by Gasteiger charge is 2.28. The van der Waals surface area contributed by atoms with Crippen molar-refractivity contribution in [1.82, 2.24) is 9.80 Å². The minimum atomic E-state index is -0.152. The molecule has 1 fully saturated rings. The monoisotopic (exact) mass is 368 g/mol. The van der Waals surface area contributed by atoms with Crippen LogP contribution >= 0.6 is 0 Å². The summed E-state index contributed by atoms with van der Waals surface area (Å²) in [7, 11) is 0. The summed E-state index contributed by atoms with van der Waals surface area (Å²) >= 11 is 0. The standard InChI is InChI=1S/C22H44N2O2/c1-16(2)23-10-12-24(13-11-23)19(5)14-17(3)21(25)18(4)15-20(6)26-22(7,8)9/h16-20H,10-15H2,1-9H3. The van der Waals surface area contributed by atoms with Crippen LogP contribution in [-0.4, -0.2) is 65.6 Å². The number of hydrogen-bond donors (Lipinski definition) is 0. The fraction of sp³-hybridized carbons (Fsp3) is 0.955. The topological polar surface area (TPSA) is 32.8 Å². The average molecular weight is 369 g/mol. The van der Waals surface area contributed by atoms with Gasteiger partial charge in [0.2, 0.25) is 0 Å². The lowest BCUT2D eigenvalue weighted by Crippen LogP contribution is -2.51. The van der Waals surface area contributed by atoms with E-state index in [-0.39, 0.29) is 23.5 Å². The lowest BCUT2D eigenvalue weighted by molar-refractivity contribution is -0.129. The van der Waals surface area contributed by atoms with Crippen molar-refractivity contribution in [3.05, 3.63) is 0 Å². The third-order valence-electron chi connectivity index (χ3n) is 5.61. The molecule has 0 aromatic heterocycles. The molecular weight excluding hydrogens is 324 g/mol. The molecule has 0 spiro atoms. The van der Waals surface area contributed by atoms with Crippen LogP contribution in [0.2, 0.25) is 0 Å². The fourth-order valence-corrected chi connectivity index (χ4v) is 4.22. The van der Waals surface area contributed by atoms with E-state index in [0.29, 0.717) is 17.9 Å². The van der Waals surface area contributed by atoms with Crippen LogP contribution < -0.4 is 0 Å². The number of piperazine rings is 1. The fourth-order valence-electron chi connectivity index (χ4n) is 4.22. The number of carbonyl (C=O) groups is 1. The Hall–Kier alpha value is -0.450. The van der Waals surface area contributed by atoms with Gasteiger partial charge >= 0.3 is 0 Å². The molecule has 0 aliphatic carbocycles. The van der Waals surface area contributed by atoms with Crippen LogP contribution in [0.4, 0.5) is 0 Å². The molecule has 0 aromatic rings. The predicted molar refractivity (Wildman–Crippen MR) is 111 cm³/mol. The highest BCUT2D eigenvalue weighted by atomic mass is 16.5. The normalized spacial score (nSPS) is 22.2. The van der Waals surface area contributed by atoms with Crippen LogP contribution in [0, 0.1) is 11.8 Å². The lowest BCUT2D eigenvalue weighted by Gasteiger charge is -2.40. The molecule has 1 heterocycles. The van der Waals surface area contributed by atoms with Gasteiger partial charge in [-0.2, -0.15) is 0 Å². The van der Waals surface area contributed by atoms with E-state index in [0.717, 1.165) is 39.0 Å². The zero-order valence-electron chi connectivity index (χ0n) is 18.8. The van der Waals surface area contributed by atoms with E-state index in [1.54, 1.807) is 0 Å². The number of ether oxygens (including phenoxy) is 1. The quantitative estimate of drug-likeness (QED) is 0.610. The smallest absolute Gasteiger partial charge is 0.138 e. The van der Waals surface area contributed by atoms with E-state index < -0.39 is 0 Å². The third kappa shape index (κ3) is 8.06. The minimum Gasteiger partial charge on any atom is -0.373 e. The summed E-state index contributed by atoms with van der Waals surface area (Å²) < 4.78 is 5.98. The first-order valence-electron chi connectivity index (χ1n) is 10.6. The van der Waals surface area contributed by atoms with Gasteiger partial charge in [0.15, 0.2) is 0 Å². The SMILES string of the molecule is CC(CC(C)C(=O)C(C)CC(C)N1CCN(C(C)C)CC1)OC(C)(C)C. The van der Waals surface area contributed by atoms with Gasteiger partial charge in [-0.05, 0) is 61.3 Å². The number of carbonyl (C=O) groups excluding carboxylic acids is 1. The van der Waals surface area contributed by atoms with Crippen molar-refractivity contribution in [1.29, 1.82) is 0 Å². The first-order valence-corrected chi connectivity index (χ1v) is 10.6. The molecule has 1 aliphatic heterocycles. The zero-order chi connectivity index (χ0) is 20.1. The molecule has 0 N–H and O–H groups in total. The first kappa shape index (κ1) is 23.6. The Morgan fingerprint density at radius 1 is 0.846 bits per heavy atom. The molecule has 4 nitrogen and oxygen atoms in total. The highest BCUT2D eigenvalue weighted by molar-refractivity contribution is 5.82. The van der Waals surface area contributed by atoms with E-state index in [1.165, 1.54) is 0 Å². The Morgan fingerprint density at radius 2 is 1.31 bits per heavy atom. The van der Waals surface area contributed by atoms with Gasteiger partial charge in [0.25, 0.3) is 0 Å². The van der Waals surface area contributed by atoms with E-state index in [4.69, 9.17) is 4.74 Å². The number of Topliss-reactive ketones (excluding diaryl/α,β-unsaturated/α-hetero) is 1. The van der Waals surface area contributed by atoms with Gasteiger partial charge in [-0.15, -0.1) is 0 Å². The Kier molecular flexibility index (Phi) is 9.25. The van der Waals surface area contributed by atoms with Gasteiger partial charge < -0.3 is 4.74 Å². The molecule has 26 heavy (non-hydrogen) atoms. The van der Waals surface area contributed by atoms with Gasteiger partial charge in [-0.25, -0.2) is 0 Å². The largest absolute Gasteiger partial charge is 0.373 e. The first-order chi connectivity index (χ1) is 11.9. The lowest BCUT2D eigenvalue weighted by atomic mass is 9.87. The molecule has 1 saturated heterocycles. The van der Waals surface area contributed by atoms with Crippen LogP contribution in [0.1, 0.15) is 75.2 Å². The summed E-state index contributed by atoms with van der Waals surface area (Å²) in [4.78, 5) is 17.9. The molecule has 4 unspecified atom stereocenters. The van der Waals surface area contributed by atoms with Crippen molar-refractivity contribution < 1.29 is 9.53 Å². The number of nitrogens with zero attached hydrogens (tertiary/aromatic N) is 2. The molecule has 0 aromatic carbocycles. The van der Waals surface area contributed by atoms with Crippen molar-refractivity contribution in [3.63, 3.8) is 0 Å². The molecule has 154 valence electrons. The second-order valence-corrected chi connectivity index (χ2v) is 9.73. The molecule has 0 radical (unpaired) electrons. The van der Waals surface area contributed by atoms with Gasteiger partial charge in [0, 0.05) is 50.1 Å². The Morgan fingerprint density at radius 3 is 1.77 bits per heavy atom. The molecule has 0 saturated carbocycles. The van der Waals surface area contributed by atoms with Crippen molar-refractivity contribution in [3.8, 4) is 0 Å². The third-order valence-corrected chi connectivity index (χ3v) is 5.61. The zero-order valence-corrected chi connectivity index (χ0v) is 18.8. The van der Waals surface area contributed by atoms with E-state index >= 15 is 0 Å². The Bertz CT molecular complexity index is 422. The Balaban J connectivity index is 2.43. The van der Waals surface area contributed by atoms with Crippen LogP contribution in [0.3, 0.4) is 0 Å². The summed E-state index contributed by atoms with van der Waals surface area (Å²) in [5.74, 6) is 0.569. The molecule has 4 heteroatoms. The second kappa shape index (κ2) is 10.2. The molecule has 0 amide bonds. The second-order valence-electron chi connectivity index (χ2n) is 9.73. The maximum atomic E-state index is 12.8. The van der Waals surface area contributed by atoms with Crippen molar-refractivity contribution >= 4 is 5.78 Å². The van der Waals surface area contributed by atoms with Crippen molar-refractivity contribution in [2.45, 2.75) is 98.9 Å². The summed E-state index contributed by atoms with van der Waals surface area (Å²) in [6.07, 6.45) is 1.88. The van der Waals surface area contributed by atoms with E-state index in [1.807, 2.05) is 0 Å². The van der Waals surface area contributed by atoms with Crippen LogP contribution in [0.5, 0.6) is 0 Å². The number of hydrogen-bond acceptors (Lipinski definition) is 4.